The molecule has 6 nitrogen and oxygen atoms in total. The topological polar surface area (TPSA) is 81.7 Å². The molecule has 0 amide bonds. The van der Waals surface area contributed by atoms with Crippen molar-refractivity contribution in [2.75, 3.05) is 11.1 Å². The van der Waals surface area contributed by atoms with E-state index in [-0.39, 0.29) is 5.82 Å². The molecule has 22 heavy (non-hydrogen) atoms. The van der Waals surface area contributed by atoms with E-state index in [4.69, 9.17) is 17.3 Å². The molecule has 112 valence electrons. The highest BCUT2D eigenvalue weighted by Gasteiger charge is 2.11. The van der Waals surface area contributed by atoms with Crippen LogP contribution in [0.5, 0.6) is 0 Å². The number of anilines is 2. The van der Waals surface area contributed by atoms with Gasteiger partial charge in [-0.1, -0.05) is 41.9 Å². The van der Waals surface area contributed by atoms with Crippen molar-refractivity contribution >= 4 is 23.2 Å². The van der Waals surface area contributed by atoms with Gasteiger partial charge in [-0.2, -0.15) is 5.10 Å². The fourth-order valence-corrected chi connectivity index (χ4v) is 2.36. The molecule has 3 aromatic rings. The predicted octanol–water partition coefficient (Wildman–Crippen LogP) is 2.72. The Bertz CT molecular complexity index is 784. The van der Waals surface area contributed by atoms with Crippen LogP contribution in [-0.4, -0.2) is 19.7 Å². The first-order valence-corrected chi connectivity index (χ1v) is 7.10. The lowest BCUT2D eigenvalue weighted by Crippen LogP contribution is -2.04. The van der Waals surface area contributed by atoms with Crippen LogP contribution in [0.15, 0.2) is 42.9 Å². The van der Waals surface area contributed by atoms with E-state index in [9.17, 15) is 0 Å². The van der Waals surface area contributed by atoms with E-state index in [2.05, 4.69) is 20.4 Å². The van der Waals surface area contributed by atoms with Crippen LogP contribution in [0.3, 0.4) is 0 Å². The summed E-state index contributed by atoms with van der Waals surface area (Å²) in [6.07, 6.45) is 3.35. The Morgan fingerprint density at radius 2 is 2.00 bits per heavy atom. The maximum absolute atomic E-state index is 6.09. The van der Waals surface area contributed by atoms with Gasteiger partial charge in [0.2, 0.25) is 0 Å². The van der Waals surface area contributed by atoms with Gasteiger partial charge in [0.15, 0.2) is 5.82 Å². The summed E-state index contributed by atoms with van der Waals surface area (Å²) in [5, 5.41) is 8.02. The zero-order valence-electron chi connectivity index (χ0n) is 12.0. The van der Waals surface area contributed by atoms with Crippen LogP contribution >= 0.6 is 11.6 Å². The van der Waals surface area contributed by atoms with Crippen LogP contribution in [0.4, 0.5) is 11.6 Å². The van der Waals surface area contributed by atoms with Crippen LogP contribution in [0.1, 0.15) is 5.56 Å². The Labute approximate surface area is 133 Å². The highest BCUT2D eigenvalue weighted by molar-refractivity contribution is 6.35. The van der Waals surface area contributed by atoms with Crippen LogP contribution in [0.2, 0.25) is 5.02 Å². The fraction of sp³-hybridized carbons (Fsp3) is 0.133. The number of hydrogen-bond acceptors (Lipinski definition) is 5. The quantitative estimate of drug-likeness (QED) is 0.774. The molecule has 0 bridgehead atoms. The standard InChI is InChI=1S/C15H15ClN6/c1-22-8-11(13(21-22)10-5-3-2-4-6-10)7-18-15-12(16)14(17)19-9-20-15/h2-6,8-9H,7H2,1H3,(H3,17,18,19,20). The summed E-state index contributed by atoms with van der Waals surface area (Å²) in [5.41, 5.74) is 8.71. The molecule has 0 radical (unpaired) electrons. The number of rotatable bonds is 4. The van der Waals surface area contributed by atoms with E-state index in [1.807, 2.05) is 43.6 Å². The van der Waals surface area contributed by atoms with Gasteiger partial charge in [-0.25, -0.2) is 9.97 Å². The summed E-state index contributed by atoms with van der Waals surface area (Å²) in [4.78, 5) is 7.94. The number of hydrogen-bond donors (Lipinski definition) is 2. The first-order valence-electron chi connectivity index (χ1n) is 6.73. The van der Waals surface area contributed by atoms with Crippen molar-refractivity contribution in [2.45, 2.75) is 6.54 Å². The minimum Gasteiger partial charge on any atom is -0.382 e. The Morgan fingerprint density at radius 1 is 1.23 bits per heavy atom. The first-order chi connectivity index (χ1) is 10.6. The van der Waals surface area contributed by atoms with Gasteiger partial charge in [0.1, 0.15) is 17.2 Å². The average molecular weight is 315 g/mol. The molecule has 2 aromatic heterocycles. The van der Waals surface area contributed by atoms with Gasteiger partial charge in [-0.3, -0.25) is 4.68 Å². The van der Waals surface area contributed by atoms with Gasteiger partial charge in [0, 0.05) is 30.9 Å². The zero-order chi connectivity index (χ0) is 15.5. The second-order valence-corrected chi connectivity index (χ2v) is 5.20. The van der Waals surface area contributed by atoms with Crippen LogP contribution in [-0.2, 0) is 13.6 Å². The van der Waals surface area contributed by atoms with Crippen molar-refractivity contribution in [3.8, 4) is 11.3 Å². The molecule has 1 aromatic carbocycles. The second kappa shape index (κ2) is 6.03. The minimum atomic E-state index is 0.258. The molecule has 0 saturated heterocycles. The summed E-state index contributed by atoms with van der Waals surface area (Å²) < 4.78 is 1.79. The van der Waals surface area contributed by atoms with Crippen molar-refractivity contribution in [3.05, 3.63) is 53.4 Å². The van der Waals surface area contributed by atoms with Crippen molar-refractivity contribution < 1.29 is 0 Å². The summed E-state index contributed by atoms with van der Waals surface area (Å²) in [5.74, 6) is 0.769. The lowest BCUT2D eigenvalue weighted by atomic mass is 10.1. The van der Waals surface area contributed by atoms with Crippen LogP contribution in [0, 0.1) is 0 Å². The Kier molecular flexibility index (Phi) is 3.93. The number of benzene rings is 1. The lowest BCUT2D eigenvalue weighted by molar-refractivity contribution is 0.770. The SMILES string of the molecule is Cn1cc(CNc2ncnc(N)c2Cl)c(-c2ccccc2)n1. The van der Waals surface area contributed by atoms with Gasteiger partial charge in [0.25, 0.3) is 0 Å². The molecule has 0 saturated carbocycles. The Hall–Kier alpha value is -2.60. The number of aromatic nitrogens is 4. The van der Waals surface area contributed by atoms with Crippen molar-refractivity contribution in [2.24, 2.45) is 7.05 Å². The molecule has 3 N–H and O–H groups in total. The van der Waals surface area contributed by atoms with Crippen molar-refractivity contribution in [1.29, 1.82) is 0 Å². The molecule has 0 aliphatic carbocycles. The highest BCUT2D eigenvalue weighted by Crippen LogP contribution is 2.26. The molecule has 0 aliphatic heterocycles. The third-order valence-corrected chi connectivity index (χ3v) is 3.59. The Morgan fingerprint density at radius 3 is 2.77 bits per heavy atom. The third kappa shape index (κ3) is 2.87. The molecule has 0 atom stereocenters. The molecule has 2 heterocycles. The molecule has 7 heteroatoms. The van der Waals surface area contributed by atoms with E-state index >= 15 is 0 Å². The van der Waals surface area contributed by atoms with Crippen molar-refractivity contribution in [1.82, 2.24) is 19.7 Å². The molecular weight excluding hydrogens is 300 g/mol. The number of halogens is 1. The normalized spacial score (nSPS) is 10.6. The van der Waals surface area contributed by atoms with Crippen LogP contribution in [0.25, 0.3) is 11.3 Å². The first kappa shape index (κ1) is 14.3. The maximum Gasteiger partial charge on any atom is 0.150 e. The van der Waals surface area contributed by atoms with Crippen molar-refractivity contribution in [3.63, 3.8) is 0 Å². The molecule has 0 unspecified atom stereocenters. The minimum absolute atomic E-state index is 0.258. The molecule has 3 rings (SSSR count). The number of nitrogen functional groups attached to an aromatic ring is 1. The molecule has 0 aliphatic rings. The number of aryl methyl sites for hydroxylation is 1. The second-order valence-electron chi connectivity index (χ2n) is 4.82. The summed E-state index contributed by atoms with van der Waals surface area (Å²) >= 11 is 6.09. The zero-order valence-corrected chi connectivity index (χ0v) is 12.7. The Balaban J connectivity index is 1.86. The van der Waals surface area contributed by atoms with Crippen LogP contribution < -0.4 is 11.1 Å². The van der Waals surface area contributed by atoms with Gasteiger partial charge < -0.3 is 11.1 Å². The molecule has 0 spiro atoms. The predicted molar refractivity (Wildman–Crippen MR) is 87.4 cm³/mol. The smallest absolute Gasteiger partial charge is 0.150 e. The lowest BCUT2D eigenvalue weighted by Gasteiger charge is -2.08. The van der Waals surface area contributed by atoms with E-state index < -0.39 is 0 Å². The summed E-state index contributed by atoms with van der Waals surface area (Å²) in [6, 6.07) is 10.0. The maximum atomic E-state index is 6.09. The van der Waals surface area contributed by atoms with Gasteiger partial charge in [0.05, 0.1) is 5.69 Å². The van der Waals surface area contributed by atoms with Gasteiger partial charge >= 0.3 is 0 Å². The fourth-order valence-electron chi connectivity index (χ4n) is 2.19. The largest absolute Gasteiger partial charge is 0.382 e. The van der Waals surface area contributed by atoms with Gasteiger partial charge in [-0.05, 0) is 0 Å². The van der Waals surface area contributed by atoms with Gasteiger partial charge in [-0.15, -0.1) is 0 Å². The third-order valence-electron chi connectivity index (χ3n) is 3.21. The summed E-state index contributed by atoms with van der Waals surface area (Å²) in [6.45, 7) is 0.536. The number of nitrogens with one attached hydrogen (secondary N) is 1. The molecular formula is C15H15ClN6. The van der Waals surface area contributed by atoms with E-state index in [0.29, 0.717) is 17.4 Å². The van der Waals surface area contributed by atoms with E-state index in [1.165, 1.54) is 6.33 Å². The number of nitrogens with two attached hydrogens (primary N) is 1. The molecule has 0 fully saturated rings. The monoisotopic (exact) mass is 314 g/mol. The van der Waals surface area contributed by atoms with E-state index in [1.54, 1.807) is 4.68 Å². The highest BCUT2D eigenvalue weighted by atomic mass is 35.5. The number of nitrogens with zero attached hydrogens (tertiary/aromatic N) is 4. The average Bonchev–Trinajstić information content (AvgIpc) is 2.91. The summed E-state index contributed by atoms with van der Waals surface area (Å²) in [7, 11) is 1.89. The van der Waals surface area contributed by atoms with E-state index in [0.717, 1.165) is 16.8 Å².